The first-order chi connectivity index (χ1) is 6.81. The average Bonchev–Trinajstić information content (AvgIpc) is 2.74. The van der Waals surface area contributed by atoms with Crippen LogP contribution in [0, 0.1) is 0 Å². The number of nitrogens with zero attached hydrogens (tertiary/aromatic N) is 3. The predicted molar refractivity (Wildman–Crippen MR) is 53.5 cm³/mol. The van der Waals surface area contributed by atoms with E-state index in [1.165, 1.54) is 0 Å². The first-order valence-electron chi connectivity index (χ1n) is 3.92. The number of anilines is 1. The van der Waals surface area contributed by atoms with Crippen LogP contribution in [0.2, 0.25) is 0 Å². The van der Waals surface area contributed by atoms with Gasteiger partial charge in [0.05, 0.1) is 11.9 Å². The Morgan fingerprint density at radius 1 is 1.64 bits per heavy atom. The van der Waals surface area contributed by atoms with Crippen LogP contribution in [0.25, 0.3) is 11.5 Å². The molecule has 0 aliphatic carbocycles. The molecule has 74 valence electrons. The number of nitrogen functional groups attached to an aromatic ring is 1. The second-order valence-corrected chi connectivity index (χ2v) is 3.51. The van der Waals surface area contributed by atoms with Gasteiger partial charge >= 0.3 is 0 Å². The van der Waals surface area contributed by atoms with Crippen LogP contribution >= 0.6 is 11.8 Å². The largest absolute Gasteiger partial charge is 0.383 e. The molecule has 0 fully saturated rings. The average molecular weight is 211 g/mol. The molecule has 0 amide bonds. The molecule has 14 heavy (non-hydrogen) atoms. The van der Waals surface area contributed by atoms with Crippen LogP contribution in [0.3, 0.4) is 0 Å². The van der Waals surface area contributed by atoms with Crippen LogP contribution in [0.15, 0.2) is 10.7 Å². The molecule has 0 unspecified atom stereocenters. The van der Waals surface area contributed by atoms with Gasteiger partial charge in [0.1, 0.15) is 11.4 Å². The standard InChI is InChI=1S/C7H9N5OS/c1-14-3-5-10-7(13-12-5)4-2-9-11-6(4)8/h2H,3H2,1H3,(H3,8,9,11). The van der Waals surface area contributed by atoms with Crippen molar-refractivity contribution in [2.75, 3.05) is 12.0 Å². The second kappa shape index (κ2) is 3.70. The molecule has 2 heterocycles. The van der Waals surface area contributed by atoms with Gasteiger partial charge in [0, 0.05) is 0 Å². The Balaban J connectivity index is 2.29. The Hall–Kier alpha value is -1.50. The molecule has 2 aromatic rings. The number of rotatable bonds is 3. The predicted octanol–water partition coefficient (Wildman–Crippen LogP) is 0.905. The van der Waals surface area contributed by atoms with Crippen LogP contribution in [0.4, 0.5) is 5.82 Å². The minimum absolute atomic E-state index is 0.403. The normalized spacial score (nSPS) is 10.6. The van der Waals surface area contributed by atoms with E-state index in [9.17, 15) is 0 Å². The minimum Gasteiger partial charge on any atom is -0.383 e. The molecule has 0 aromatic carbocycles. The quantitative estimate of drug-likeness (QED) is 0.783. The Labute approximate surface area is 84.3 Å². The second-order valence-electron chi connectivity index (χ2n) is 2.65. The molecule has 3 N–H and O–H groups in total. The third-order valence-electron chi connectivity index (χ3n) is 1.64. The van der Waals surface area contributed by atoms with Crippen molar-refractivity contribution in [1.29, 1.82) is 0 Å². The summed E-state index contributed by atoms with van der Waals surface area (Å²) in [7, 11) is 0. The van der Waals surface area contributed by atoms with E-state index in [1.54, 1.807) is 18.0 Å². The highest BCUT2D eigenvalue weighted by Gasteiger charge is 2.12. The number of H-pyrrole nitrogens is 1. The molecular weight excluding hydrogens is 202 g/mol. The fourth-order valence-corrected chi connectivity index (χ4v) is 1.39. The van der Waals surface area contributed by atoms with Crippen molar-refractivity contribution >= 4 is 17.6 Å². The summed E-state index contributed by atoms with van der Waals surface area (Å²) < 4.78 is 5.03. The summed E-state index contributed by atoms with van der Waals surface area (Å²) in [6.07, 6.45) is 3.54. The van der Waals surface area contributed by atoms with E-state index in [0.29, 0.717) is 23.1 Å². The molecule has 0 bridgehead atoms. The zero-order valence-corrected chi connectivity index (χ0v) is 8.34. The maximum absolute atomic E-state index is 5.60. The summed E-state index contributed by atoms with van der Waals surface area (Å²) in [6, 6.07) is 0. The molecule has 0 saturated heterocycles. The molecule has 0 aliphatic heterocycles. The van der Waals surface area contributed by atoms with Gasteiger partial charge in [-0.25, -0.2) is 0 Å². The van der Waals surface area contributed by atoms with Crippen LogP contribution in [-0.2, 0) is 5.75 Å². The van der Waals surface area contributed by atoms with Gasteiger partial charge in [-0.2, -0.15) is 21.8 Å². The van der Waals surface area contributed by atoms with Crippen molar-refractivity contribution < 1.29 is 4.52 Å². The summed E-state index contributed by atoms with van der Waals surface area (Å²) in [5, 5.41) is 10.2. The molecule has 6 nitrogen and oxygen atoms in total. The summed E-state index contributed by atoms with van der Waals surface area (Å²) in [5.74, 6) is 2.22. The van der Waals surface area contributed by atoms with Gasteiger partial charge in [0.15, 0.2) is 5.82 Å². The third kappa shape index (κ3) is 1.58. The first kappa shape index (κ1) is 9.07. The van der Waals surface area contributed by atoms with E-state index in [2.05, 4.69) is 20.3 Å². The van der Waals surface area contributed by atoms with Crippen LogP contribution < -0.4 is 5.73 Å². The zero-order chi connectivity index (χ0) is 9.97. The van der Waals surface area contributed by atoms with Gasteiger partial charge in [-0.15, -0.1) is 0 Å². The lowest BCUT2D eigenvalue weighted by molar-refractivity contribution is 0.425. The van der Waals surface area contributed by atoms with Crippen molar-refractivity contribution in [3.63, 3.8) is 0 Å². The summed E-state index contributed by atoms with van der Waals surface area (Å²) in [4.78, 5) is 4.16. The van der Waals surface area contributed by atoms with E-state index < -0.39 is 0 Å². The van der Waals surface area contributed by atoms with E-state index in [-0.39, 0.29) is 0 Å². The maximum atomic E-state index is 5.60. The Kier molecular flexibility index (Phi) is 2.40. The molecule has 0 spiro atoms. The van der Waals surface area contributed by atoms with Crippen molar-refractivity contribution in [3.05, 3.63) is 12.0 Å². The van der Waals surface area contributed by atoms with Gasteiger partial charge < -0.3 is 10.3 Å². The lowest BCUT2D eigenvalue weighted by atomic mass is 10.3. The Morgan fingerprint density at radius 2 is 2.50 bits per heavy atom. The molecule has 0 saturated carbocycles. The Morgan fingerprint density at radius 3 is 3.14 bits per heavy atom. The van der Waals surface area contributed by atoms with E-state index >= 15 is 0 Å². The van der Waals surface area contributed by atoms with Crippen molar-refractivity contribution in [3.8, 4) is 11.5 Å². The highest BCUT2D eigenvalue weighted by atomic mass is 32.2. The molecule has 2 aromatic heterocycles. The van der Waals surface area contributed by atoms with Gasteiger partial charge in [0.25, 0.3) is 5.89 Å². The number of hydrogen-bond acceptors (Lipinski definition) is 6. The lowest BCUT2D eigenvalue weighted by Gasteiger charge is -1.87. The fourth-order valence-electron chi connectivity index (χ4n) is 1.02. The number of hydrogen-bond donors (Lipinski definition) is 2. The third-order valence-corrected chi connectivity index (χ3v) is 2.19. The Bertz CT molecular complexity index is 423. The summed E-state index contributed by atoms with van der Waals surface area (Å²) in [6.45, 7) is 0. The molecular formula is C7H9N5OS. The molecule has 0 radical (unpaired) electrons. The number of thioether (sulfide) groups is 1. The van der Waals surface area contributed by atoms with Crippen LogP contribution in [0.1, 0.15) is 5.82 Å². The number of aromatic amines is 1. The van der Waals surface area contributed by atoms with Crippen molar-refractivity contribution in [2.45, 2.75) is 5.75 Å². The number of nitrogens with two attached hydrogens (primary N) is 1. The number of nitrogens with one attached hydrogen (secondary N) is 1. The van der Waals surface area contributed by atoms with E-state index in [1.807, 2.05) is 6.26 Å². The molecule has 0 aliphatic rings. The van der Waals surface area contributed by atoms with Gasteiger partial charge in [-0.3, -0.25) is 5.10 Å². The topological polar surface area (TPSA) is 93.6 Å². The van der Waals surface area contributed by atoms with Gasteiger partial charge in [-0.1, -0.05) is 5.16 Å². The van der Waals surface area contributed by atoms with Gasteiger partial charge in [-0.05, 0) is 6.26 Å². The SMILES string of the molecule is CSCc1noc(-c2cn[nH]c2N)n1. The monoisotopic (exact) mass is 211 g/mol. The van der Waals surface area contributed by atoms with Crippen LogP contribution in [0.5, 0.6) is 0 Å². The lowest BCUT2D eigenvalue weighted by Crippen LogP contribution is -1.88. The smallest absolute Gasteiger partial charge is 0.263 e. The van der Waals surface area contributed by atoms with Crippen molar-refractivity contribution in [2.24, 2.45) is 0 Å². The van der Waals surface area contributed by atoms with Crippen LogP contribution in [-0.4, -0.2) is 26.6 Å². The molecule has 0 atom stereocenters. The van der Waals surface area contributed by atoms with Gasteiger partial charge in [0.2, 0.25) is 0 Å². The summed E-state index contributed by atoms with van der Waals surface area (Å²) in [5.41, 5.74) is 6.25. The summed E-state index contributed by atoms with van der Waals surface area (Å²) >= 11 is 1.63. The minimum atomic E-state index is 0.403. The molecule has 7 heteroatoms. The first-order valence-corrected chi connectivity index (χ1v) is 5.31. The number of aromatic nitrogens is 4. The zero-order valence-electron chi connectivity index (χ0n) is 7.52. The highest BCUT2D eigenvalue weighted by Crippen LogP contribution is 2.21. The fraction of sp³-hybridized carbons (Fsp3) is 0.286. The molecule has 2 rings (SSSR count). The van der Waals surface area contributed by atoms with Crippen molar-refractivity contribution in [1.82, 2.24) is 20.3 Å². The van der Waals surface area contributed by atoms with E-state index in [0.717, 1.165) is 5.75 Å². The van der Waals surface area contributed by atoms with E-state index in [4.69, 9.17) is 10.3 Å². The highest BCUT2D eigenvalue weighted by molar-refractivity contribution is 7.97. The maximum Gasteiger partial charge on any atom is 0.263 e.